The SMILES string of the molecule is Cc1[nH]c(=O)[nH]c(=O)c1CC(=O)N(C)CC1(N2CCCCC2)CCCCC1. The first kappa shape index (κ1) is 19.9. The van der Waals surface area contributed by atoms with Gasteiger partial charge in [-0.15, -0.1) is 0 Å². The molecule has 1 aromatic heterocycles. The van der Waals surface area contributed by atoms with E-state index in [4.69, 9.17) is 0 Å². The van der Waals surface area contributed by atoms with E-state index in [0.29, 0.717) is 17.8 Å². The highest BCUT2D eigenvalue weighted by molar-refractivity contribution is 5.78. The van der Waals surface area contributed by atoms with Gasteiger partial charge < -0.3 is 9.88 Å². The fraction of sp³-hybridized carbons (Fsp3) is 0.750. The number of piperidine rings is 1. The van der Waals surface area contributed by atoms with Crippen molar-refractivity contribution in [1.82, 2.24) is 19.8 Å². The Hall–Kier alpha value is -1.89. The summed E-state index contributed by atoms with van der Waals surface area (Å²) in [5, 5.41) is 0. The van der Waals surface area contributed by atoms with Gasteiger partial charge in [0, 0.05) is 30.4 Å². The van der Waals surface area contributed by atoms with Gasteiger partial charge in [-0.1, -0.05) is 25.7 Å². The molecular weight excluding hydrogens is 344 g/mol. The number of likely N-dealkylation sites (N-methyl/N-ethyl adjacent to an activating group) is 1. The number of aromatic amines is 2. The number of aryl methyl sites for hydroxylation is 1. The van der Waals surface area contributed by atoms with Crippen LogP contribution in [0.4, 0.5) is 0 Å². The van der Waals surface area contributed by atoms with Crippen LogP contribution in [0.2, 0.25) is 0 Å². The Kier molecular flexibility index (Phi) is 6.19. The summed E-state index contributed by atoms with van der Waals surface area (Å²) in [7, 11) is 1.85. The zero-order valence-electron chi connectivity index (χ0n) is 16.6. The van der Waals surface area contributed by atoms with E-state index in [2.05, 4.69) is 14.9 Å². The van der Waals surface area contributed by atoms with Gasteiger partial charge in [0.1, 0.15) is 0 Å². The van der Waals surface area contributed by atoms with E-state index in [1.165, 1.54) is 38.5 Å². The Morgan fingerprint density at radius 3 is 2.30 bits per heavy atom. The minimum atomic E-state index is -0.534. The summed E-state index contributed by atoms with van der Waals surface area (Å²) >= 11 is 0. The maximum atomic E-state index is 12.9. The van der Waals surface area contributed by atoms with Crippen molar-refractivity contribution in [3.05, 3.63) is 32.1 Å². The number of likely N-dealkylation sites (tertiary alicyclic amines) is 1. The fourth-order valence-electron chi connectivity index (χ4n) is 4.81. The molecule has 150 valence electrons. The van der Waals surface area contributed by atoms with Crippen LogP contribution in [-0.2, 0) is 11.2 Å². The average Bonchev–Trinajstić information content (AvgIpc) is 2.66. The third kappa shape index (κ3) is 4.51. The Labute approximate surface area is 160 Å². The molecule has 0 unspecified atom stereocenters. The van der Waals surface area contributed by atoms with E-state index in [1.54, 1.807) is 11.8 Å². The van der Waals surface area contributed by atoms with Gasteiger partial charge in [0.2, 0.25) is 5.91 Å². The van der Waals surface area contributed by atoms with E-state index >= 15 is 0 Å². The van der Waals surface area contributed by atoms with Crippen LogP contribution in [0, 0.1) is 6.92 Å². The van der Waals surface area contributed by atoms with Crippen molar-refractivity contribution in [3.63, 3.8) is 0 Å². The van der Waals surface area contributed by atoms with Crippen LogP contribution < -0.4 is 11.2 Å². The second kappa shape index (κ2) is 8.42. The molecule has 0 spiro atoms. The standard InChI is InChI=1S/C20H32N4O3/c1-15-16(18(26)22-19(27)21-15)13-17(25)23(2)14-20(9-5-3-6-10-20)24-11-7-4-8-12-24/h3-14H2,1-2H3,(H2,21,22,26,27). The lowest BCUT2D eigenvalue weighted by Gasteiger charge is -2.49. The number of carbonyl (C=O) groups excluding carboxylic acids is 1. The number of rotatable bonds is 5. The topological polar surface area (TPSA) is 89.3 Å². The lowest BCUT2D eigenvalue weighted by Crippen LogP contribution is -2.58. The molecule has 0 radical (unpaired) electrons. The van der Waals surface area contributed by atoms with Gasteiger partial charge in [-0.2, -0.15) is 0 Å². The first-order valence-electron chi connectivity index (χ1n) is 10.2. The van der Waals surface area contributed by atoms with Crippen LogP contribution in [0.3, 0.4) is 0 Å². The Morgan fingerprint density at radius 2 is 1.67 bits per heavy atom. The minimum Gasteiger partial charge on any atom is -0.344 e. The second-order valence-corrected chi connectivity index (χ2v) is 8.27. The molecular formula is C20H32N4O3. The maximum Gasteiger partial charge on any atom is 0.325 e. The molecule has 2 fully saturated rings. The molecule has 2 heterocycles. The minimum absolute atomic E-state index is 0.0184. The lowest BCUT2D eigenvalue weighted by atomic mass is 9.78. The molecule has 0 aromatic carbocycles. The molecule has 7 heteroatoms. The number of carbonyl (C=O) groups is 1. The predicted octanol–water partition coefficient (Wildman–Crippen LogP) is 1.56. The molecule has 3 rings (SSSR count). The molecule has 7 nitrogen and oxygen atoms in total. The van der Waals surface area contributed by atoms with Gasteiger partial charge >= 0.3 is 5.69 Å². The number of H-pyrrole nitrogens is 2. The van der Waals surface area contributed by atoms with Crippen molar-refractivity contribution in [1.29, 1.82) is 0 Å². The predicted molar refractivity (Wildman–Crippen MR) is 105 cm³/mol. The van der Waals surface area contributed by atoms with E-state index in [1.807, 2.05) is 7.05 Å². The van der Waals surface area contributed by atoms with Gasteiger partial charge in [-0.05, 0) is 45.7 Å². The second-order valence-electron chi connectivity index (χ2n) is 8.27. The first-order chi connectivity index (χ1) is 12.9. The molecule has 1 aliphatic heterocycles. The summed E-state index contributed by atoms with van der Waals surface area (Å²) in [6.07, 6.45) is 9.80. The van der Waals surface area contributed by atoms with Gasteiger partial charge in [-0.3, -0.25) is 19.5 Å². The summed E-state index contributed by atoms with van der Waals surface area (Å²) in [4.78, 5) is 45.5. The smallest absolute Gasteiger partial charge is 0.325 e. The van der Waals surface area contributed by atoms with Gasteiger partial charge in [0.15, 0.2) is 0 Å². The highest BCUT2D eigenvalue weighted by Crippen LogP contribution is 2.36. The first-order valence-corrected chi connectivity index (χ1v) is 10.2. The number of aromatic nitrogens is 2. The molecule has 0 atom stereocenters. The third-order valence-corrected chi connectivity index (χ3v) is 6.35. The Balaban J connectivity index is 1.73. The molecule has 1 amide bonds. The summed E-state index contributed by atoms with van der Waals surface area (Å²) in [5.41, 5.74) is -0.110. The van der Waals surface area contributed by atoms with Crippen LogP contribution in [0.25, 0.3) is 0 Å². The number of hydrogen-bond acceptors (Lipinski definition) is 4. The summed E-state index contributed by atoms with van der Waals surface area (Å²) in [6, 6.07) is 0. The van der Waals surface area contributed by atoms with Crippen molar-refractivity contribution < 1.29 is 4.79 Å². The third-order valence-electron chi connectivity index (χ3n) is 6.35. The number of amides is 1. The van der Waals surface area contributed by atoms with Crippen LogP contribution in [-0.4, -0.2) is 57.9 Å². The van der Waals surface area contributed by atoms with Crippen molar-refractivity contribution >= 4 is 5.91 Å². The van der Waals surface area contributed by atoms with Gasteiger partial charge in [0.25, 0.3) is 5.56 Å². The van der Waals surface area contributed by atoms with Crippen molar-refractivity contribution in [2.75, 3.05) is 26.7 Å². The van der Waals surface area contributed by atoms with E-state index < -0.39 is 11.2 Å². The Morgan fingerprint density at radius 1 is 1.04 bits per heavy atom. The molecule has 1 saturated heterocycles. The number of nitrogens with one attached hydrogen (secondary N) is 2. The zero-order chi connectivity index (χ0) is 19.4. The fourth-order valence-corrected chi connectivity index (χ4v) is 4.81. The average molecular weight is 377 g/mol. The van der Waals surface area contributed by atoms with E-state index in [-0.39, 0.29) is 17.9 Å². The summed E-state index contributed by atoms with van der Waals surface area (Å²) in [6.45, 7) is 4.63. The Bertz CT molecular complexity index is 770. The van der Waals surface area contributed by atoms with Gasteiger partial charge in [0.05, 0.1) is 6.42 Å². The molecule has 2 aliphatic rings. The lowest BCUT2D eigenvalue weighted by molar-refractivity contribution is -0.132. The van der Waals surface area contributed by atoms with Crippen molar-refractivity contribution in [2.45, 2.75) is 70.3 Å². The number of hydrogen-bond donors (Lipinski definition) is 2. The molecule has 1 aliphatic carbocycles. The van der Waals surface area contributed by atoms with Crippen LogP contribution >= 0.6 is 0 Å². The molecule has 0 bridgehead atoms. The highest BCUT2D eigenvalue weighted by atomic mass is 16.2. The zero-order valence-corrected chi connectivity index (χ0v) is 16.6. The van der Waals surface area contributed by atoms with Gasteiger partial charge in [-0.25, -0.2) is 4.79 Å². The van der Waals surface area contributed by atoms with Crippen molar-refractivity contribution in [2.24, 2.45) is 0 Å². The normalized spacial score (nSPS) is 20.4. The van der Waals surface area contributed by atoms with Crippen molar-refractivity contribution in [3.8, 4) is 0 Å². The van der Waals surface area contributed by atoms with Crippen LogP contribution in [0.1, 0.15) is 62.6 Å². The van der Waals surface area contributed by atoms with E-state index in [0.717, 1.165) is 25.9 Å². The largest absolute Gasteiger partial charge is 0.344 e. The maximum absolute atomic E-state index is 12.9. The van der Waals surface area contributed by atoms with Crippen LogP contribution in [0.5, 0.6) is 0 Å². The summed E-state index contributed by atoms with van der Waals surface area (Å²) < 4.78 is 0. The molecule has 1 saturated carbocycles. The number of nitrogens with zero attached hydrogens (tertiary/aromatic N) is 2. The molecule has 1 aromatic rings. The monoisotopic (exact) mass is 376 g/mol. The van der Waals surface area contributed by atoms with Crippen LogP contribution in [0.15, 0.2) is 9.59 Å². The summed E-state index contributed by atoms with van der Waals surface area (Å²) in [5.74, 6) is -0.0717. The molecule has 27 heavy (non-hydrogen) atoms. The molecule has 2 N–H and O–H groups in total. The quantitative estimate of drug-likeness (QED) is 0.816. The van der Waals surface area contributed by atoms with E-state index in [9.17, 15) is 14.4 Å². The highest BCUT2D eigenvalue weighted by Gasteiger charge is 2.40.